The largest absolute Gasteiger partial charge is 0.431 e. The van der Waals surface area contributed by atoms with Crippen LogP contribution in [0.5, 0.6) is 10.9 Å². The first-order chi connectivity index (χ1) is 12.3. The highest BCUT2D eigenvalue weighted by Crippen LogP contribution is 2.23. The number of carbonyl (C=O) groups is 1. The minimum Gasteiger partial charge on any atom is -0.431 e. The molecule has 4 rings (SSSR count). The molecule has 4 aromatic rings. The molecule has 124 valence electrons. The Kier molecular flexibility index (Phi) is 4.18. The van der Waals surface area contributed by atoms with Crippen molar-refractivity contribution in [1.29, 1.82) is 0 Å². The van der Waals surface area contributed by atoms with Crippen LogP contribution in [0.3, 0.4) is 0 Å². The molecule has 2 aromatic heterocycles. The van der Waals surface area contributed by atoms with Gasteiger partial charge in [0, 0.05) is 29.0 Å². The lowest BCUT2D eigenvalue weighted by Crippen LogP contribution is -2.22. The summed E-state index contributed by atoms with van der Waals surface area (Å²) in [4.78, 5) is 19.5. The Morgan fingerprint density at radius 1 is 1.16 bits per heavy atom. The number of nitrogens with zero attached hydrogens (tertiary/aromatic N) is 1. The van der Waals surface area contributed by atoms with Crippen LogP contribution < -0.4 is 10.1 Å². The summed E-state index contributed by atoms with van der Waals surface area (Å²) < 4.78 is 5.62. The van der Waals surface area contributed by atoms with E-state index in [-0.39, 0.29) is 5.91 Å². The SMILES string of the molecule is O=C(NCc1ccc(Oc2nccs2)cc1)c1cc2ccccc2[nH]1. The molecule has 2 N–H and O–H groups in total. The highest BCUT2D eigenvalue weighted by Gasteiger charge is 2.09. The number of H-pyrrole nitrogens is 1. The van der Waals surface area contributed by atoms with Crippen LogP contribution in [0.1, 0.15) is 16.1 Å². The number of thiazole rings is 1. The van der Waals surface area contributed by atoms with Gasteiger partial charge in [0.1, 0.15) is 11.4 Å². The monoisotopic (exact) mass is 349 g/mol. The molecular weight excluding hydrogens is 334 g/mol. The second kappa shape index (κ2) is 6.78. The van der Waals surface area contributed by atoms with Gasteiger partial charge in [0.25, 0.3) is 11.1 Å². The number of benzene rings is 2. The Morgan fingerprint density at radius 2 is 2.00 bits per heavy atom. The van der Waals surface area contributed by atoms with Crippen LogP contribution in [0.25, 0.3) is 10.9 Å². The highest BCUT2D eigenvalue weighted by molar-refractivity contribution is 7.11. The van der Waals surface area contributed by atoms with E-state index in [1.807, 2.05) is 60.0 Å². The fourth-order valence-electron chi connectivity index (χ4n) is 2.51. The lowest BCUT2D eigenvalue weighted by Gasteiger charge is -2.06. The number of nitrogens with one attached hydrogen (secondary N) is 2. The standard InChI is InChI=1S/C19H15N3O2S/c23-18(17-11-14-3-1-2-4-16(14)22-17)21-12-13-5-7-15(8-6-13)24-19-20-9-10-25-19/h1-11,22H,12H2,(H,21,23). The van der Waals surface area contributed by atoms with E-state index in [0.717, 1.165) is 22.2 Å². The molecule has 0 saturated heterocycles. The van der Waals surface area contributed by atoms with Crippen molar-refractivity contribution in [2.45, 2.75) is 6.54 Å². The molecule has 0 aliphatic rings. The Balaban J connectivity index is 1.38. The molecular formula is C19H15N3O2S. The lowest BCUT2D eigenvalue weighted by atomic mass is 10.2. The molecule has 0 aliphatic carbocycles. The Labute approximate surface area is 148 Å². The Bertz CT molecular complexity index is 958. The molecule has 0 radical (unpaired) electrons. The van der Waals surface area contributed by atoms with Gasteiger partial charge in [0.2, 0.25) is 0 Å². The molecule has 25 heavy (non-hydrogen) atoms. The van der Waals surface area contributed by atoms with Crippen LogP contribution in [0, 0.1) is 0 Å². The summed E-state index contributed by atoms with van der Waals surface area (Å²) in [5.41, 5.74) is 2.51. The molecule has 0 atom stereocenters. The van der Waals surface area contributed by atoms with Gasteiger partial charge in [0.15, 0.2) is 0 Å². The van der Waals surface area contributed by atoms with Crippen molar-refractivity contribution in [3.63, 3.8) is 0 Å². The smallest absolute Gasteiger partial charge is 0.278 e. The first-order valence-corrected chi connectivity index (χ1v) is 8.68. The number of fused-ring (bicyclic) bond motifs is 1. The van der Waals surface area contributed by atoms with Gasteiger partial charge in [-0.15, -0.1) is 0 Å². The van der Waals surface area contributed by atoms with E-state index in [1.165, 1.54) is 11.3 Å². The van der Waals surface area contributed by atoms with Gasteiger partial charge >= 0.3 is 0 Å². The quantitative estimate of drug-likeness (QED) is 0.563. The molecule has 0 spiro atoms. The van der Waals surface area contributed by atoms with Crippen molar-refractivity contribution >= 4 is 28.1 Å². The summed E-state index contributed by atoms with van der Waals surface area (Å²) in [5.74, 6) is 0.597. The molecule has 2 heterocycles. The van der Waals surface area contributed by atoms with Gasteiger partial charge in [-0.3, -0.25) is 4.79 Å². The Hall–Kier alpha value is -3.12. The van der Waals surface area contributed by atoms with Crippen LogP contribution in [-0.4, -0.2) is 15.9 Å². The zero-order chi connectivity index (χ0) is 17.1. The number of amides is 1. The van der Waals surface area contributed by atoms with E-state index < -0.39 is 0 Å². The van der Waals surface area contributed by atoms with Crippen LogP contribution in [0.15, 0.2) is 66.2 Å². The topological polar surface area (TPSA) is 67.0 Å². The lowest BCUT2D eigenvalue weighted by molar-refractivity contribution is 0.0947. The molecule has 5 nitrogen and oxygen atoms in total. The molecule has 0 bridgehead atoms. The van der Waals surface area contributed by atoms with Gasteiger partial charge in [-0.1, -0.05) is 41.7 Å². The first kappa shape index (κ1) is 15.4. The average molecular weight is 349 g/mol. The summed E-state index contributed by atoms with van der Waals surface area (Å²) in [6.45, 7) is 0.450. The highest BCUT2D eigenvalue weighted by atomic mass is 32.1. The summed E-state index contributed by atoms with van der Waals surface area (Å²) in [6.07, 6.45) is 1.70. The van der Waals surface area contributed by atoms with Crippen molar-refractivity contribution in [1.82, 2.24) is 15.3 Å². The molecule has 0 aliphatic heterocycles. The maximum atomic E-state index is 12.3. The minimum absolute atomic E-state index is 0.126. The number of aromatic nitrogens is 2. The second-order valence-corrected chi connectivity index (χ2v) is 6.35. The number of aromatic amines is 1. The maximum absolute atomic E-state index is 12.3. The number of hydrogen-bond donors (Lipinski definition) is 2. The van der Waals surface area contributed by atoms with E-state index in [0.29, 0.717) is 17.4 Å². The number of para-hydroxylation sites is 1. The predicted molar refractivity (Wildman–Crippen MR) is 98.1 cm³/mol. The van der Waals surface area contributed by atoms with E-state index in [4.69, 9.17) is 4.74 Å². The fourth-order valence-corrected chi connectivity index (χ4v) is 3.01. The van der Waals surface area contributed by atoms with Crippen molar-refractivity contribution in [3.05, 3.63) is 77.4 Å². The summed E-state index contributed by atoms with van der Waals surface area (Å²) in [7, 11) is 0. The third kappa shape index (κ3) is 3.54. The summed E-state index contributed by atoms with van der Waals surface area (Å²) in [6, 6.07) is 17.3. The number of ether oxygens (including phenoxy) is 1. The second-order valence-electron chi connectivity index (χ2n) is 5.50. The van der Waals surface area contributed by atoms with Gasteiger partial charge in [-0.25, -0.2) is 4.98 Å². The zero-order valence-corrected chi connectivity index (χ0v) is 14.0. The molecule has 1 amide bonds. The van der Waals surface area contributed by atoms with Crippen molar-refractivity contribution < 1.29 is 9.53 Å². The predicted octanol–water partition coefficient (Wildman–Crippen LogP) is 4.35. The number of hydrogen-bond acceptors (Lipinski definition) is 4. The number of rotatable bonds is 5. The minimum atomic E-state index is -0.126. The normalized spacial score (nSPS) is 10.7. The van der Waals surface area contributed by atoms with E-state index in [2.05, 4.69) is 15.3 Å². The third-order valence-corrected chi connectivity index (χ3v) is 4.41. The average Bonchev–Trinajstić information content (AvgIpc) is 3.30. The third-order valence-electron chi connectivity index (χ3n) is 3.77. The van der Waals surface area contributed by atoms with Gasteiger partial charge < -0.3 is 15.0 Å². The van der Waals surface area contributed by atoms with Crippen molar-refractivity contribution in [2.75, 3.05) is 0 Å². The van der Waals surface area contributed by atoms with Crippen LogP contribution in [0.2, 0.25) is 0 Å². The van der Waals surface area contributed by atoms with Gasteiger partial charge in [0.05, 0.1) is 0 Å². The van der Waals surface area contributed by atoms with E-state index in [1.54, 1.807) is 6.20 Å². The van der Waals surface area contributed by atoms with Crippen LogP contribution in [0.4, 0.5) is 0 Å². The summed E-state index contributed by atoms with van der Waals surface area (Å²) in [5, 5.41) is 6.42. The van der Waals surface area contributed by atoms with Crippen molar-refractivity contribution in [3.8, 4) is 10.9 Å². The molecule has 2 aromatic carbocycles. The number of carbonyl (C=O) groups excluding carboxylic acids is 1. The van der Waals surface area contributed by atoms with E-state index in [9.17, 15) is 4.79 Å². The molecule has 0 unspecified atom stereocenters. The zero-order valence-electron chi connectivity index (χ0n) is 13.2. The maximum Gasteiger partial charge on any atom is 0.278 e. The summed E-state index contributed by atoms with van der Waals surface area (Å²) >= 11 is 1.44. The van der Waals surface area contributed by atoms with Crippen LogP contribution >= 0.6 is 11.3 Å². The first-order valence-electron chi connectivity index (χ1n) is 7.80. The van der Waals surface area contributed by atoms with Gasteiger partial charge in [-0.05, 0) is 29.8 Å². The van der Waals surface area contributed by atoms with E-state index >= 15 is 0 Å². The van der Waals surface area contributed by atoms with Gasteiger partial charge in [-0.2, -0.15) is 0 Å². The molecule has 0 fully saturated rings. The van der Waals surface area contributed by atoms with Crippen LogP contribution in [-0.2, 0) is 6.54 Å². The van der Waals surface area contributed by atoms with Crippen molar-refractivity contribution in [2.24, 2.45) is 0 Å². The fraction of sp³-hybridized carbons (Fsp3) is 0.0526. The molecule has 0 saturated carbocycles. The molecule has 6 heteroatoms. The Morgan fingerprint density at radius 3 is 2.76 bits per heavy atom.